The molecular weight excluding hydrogens is 432 g/mol. The summed E-state index contributed by atoms with van der Waals surface area (Å²) in [5.41, 5.74) is -0.0802. The highest BCUT2D eigenvalue weighted by Gasteiger charge is 2.99. The SMILES string of the molecule is Cc1ccc(S(=O)(=O)OC[C@@]23[C@@H]4[C@@H]5CCC[C@@H]5[C@@H]5[C@@H]4[C@H]4[C@@H]6[C@@H]7[C@@H](CC[C@H]7[C@]2(O)[C@@]65C)[C@@H]43)cc1. The van der Waals surface area contributed by atoms with Crippen molar-refractivity contribution >= 4 is 10.1 Å². The molecular formula is C28H34O4S. The summed E-state index contributed by atoms with van der Waals surface area (Å²) >= 11 is 0. The third-order valence-corrected chi connectivity index (χ3v) is 15.0. The summed E-state index contributed by atoms with van der Waals surface area (Å²) in [4.78, 5) is 0.250. The van der Waals surface area contributed by atoms with Crippen LogP contribution in [0, 0.1) is 82.9 Å². The van der Waals surface area contributed by atoms with Gasteiger partial charge in [0, 0.05) is 10.8 Å². The van der Waals surface area contributed by atoms with Crippen molar-refractivity contribution in [3.8, 4) is 0 Å². The van der Waals surface area contributed by atoms with Crippen LogP contribution in [0.1, 0.15) is 44.6 Å². The first-order valence-electron chi connectivity index (χ1n) is 13.5. The van der Waals surface area contributed by atoms with Gasteiger partial charge in [0.25, 0.3) is 10.1 Å². The largest absolute Gasteiger partial charge is 0.388 e. The topological polar surface area (TPSA) is 63.6 Å². The van der Waals surface area contributed by atoms with Crippen LogP contribution in [0.15, 0.2) is 29.2 Å². The average molecular weight is 467 g/mol. The van der Waals surface area contributed by atoms with Gasteiger partial charge < -0.3 is 5.11 Å². The van der Waals surface area contributed by atoms with Gasteiger partial charge in [-0.1, -0.05) is 31.0 Å². The number of rotatable bonds is 4. The highest BCUT2D eigenvalue weighted by atomic mass is 32.2. The van der Waals surface area contributed by atoms with E-state index in [0.717, 1.165) is 29.7 Å². The summed E-state index contributed by atoms with van der Waals surface area (Å²) in [6.07, 6.45) is 6.32. The van der Waals surface area contributed by atoms with Crippen molar-refractivity contribution in [1.29, 1.82) is 0 Å². The minimum atomic E-state index is -3.85. The highest BCUT2D eigenvalue weighted by Crippen LogP contribution is 2.98. The van der Waals surface area contributed by atoms with Gasteiger partial charge in [-0.2, -0.15) is 8.42 Å². The molecule has 1 N–H and O–H groups in total. The van der Waals surface area contributed by atoms with Gasteiger partial charge in [-0.25, -0.2) is 0 Å². The van der Waals surface area contributed by atoms with E-state index in [2.05, 4.69) is 6.92 Å². The standard InChI is InChI=1S/C28H34O4S/c1-13-6-8-14(9-7-13)33(30,31)32-12-27-23-16-5-3-4-15(16)22-20(23)21-24(27)17-10-11-18-19(17)25(21)26(22,2)28(18,27)29/h6-9,15-25,29H,3-5,10-12H2,1-2H3/t15-,16+,17+,18+,19+,20-,21+,22+,23+,24-,25-,26+,27-,28-/m0/s1. The van der Waals surface area contributed by atoms with Crippen molar-refractivity contribution < 1.29 is 17.7 Å². The lowest BCUT2D eigenvalue weighted by atomic mass is 9.43. The Labute approximate surface area is 196 Å². The van der Waals surface area contributed by atoms with Gasteiger partial charge in [-0.3, -0.25) is 4.18 Å². The van der Waals surface area contributed by atoms with Crippen LogP contribution >= 0.6 is 0 Å². The summed E-state index contributed by atoms with van der Waals surface area (Å²) in [5.74, 6) is 6.98. The Balaban J connectivity index is 1.22. The lowest BCUT2D eigenvalue weighted by Crippen LogP contribution is -2.71. The predicted molar refractivity (Wildman–Crippen MR) is 121 cm³/mol. The second kappa shape index (κ2) is 5.27. The maximum absolute atomic E-state index is 13.4. The van der Waals surface area contributed by atoms with E-state index in [1.54, 1.807) is 12.1 Å². The maximum atomic E-state index is 13.4. The zero-order valence-corrected chi connectivity index (χ0v) is 20.3. The Morgan fingerprint density at radius 1 is 0.909 bits per heavy atom. The number of benzene rings is 1. The van der Waals surface area contributed by atoms with Gasteiger partial charge in [0.15, 0.2) is 0 Å². The molecule has 9 saturated carbocycles. The predicted octanol–water partition coefficient (Wildman–Crippen LogP) is 4.26. The molecule has 0 radical (unpaired) electrons. The smallest absolute Gasteiger partial charge is 0.296 e. The molecule has 10 rings (SSSR count). The zero-order valence-electron chi connectivity index (χ0n) is 19.5. The molecule has 5 heteroatoms. The Hall–Kier alpha value is -0.910. The van der Waals surface area contributed by atoms with Crippen LogP contribution in [-0.4, -0.2) is 25.7 Å². The van der Waals surface area contributed by atoms with E-state index in [0.29, 0.717) is 47.3 Å². The number of aryl methyl sites for hydroxylation is 1. The van der Waals surface area contributed by atoms with E-state index >= 15 is 0 Å². The Kier molecular flexibility index (Phi) is 3.08. The third-order valence-electron chi connectivity index (χ3n) is 13.7. The van der Waals surface area contributed by atoms with Gasteiger partial charge in [0.05, 0.1) is 17.1 Å². The average Bonchev–Trinajstić information content (AvgIpc) is 3.55. The van der Waals surface area contributed by atoms with E-state index in [1.165, 1.54) is 25.7 Å². The van der Waals surface area contributed by atoms with E-state index in [9.17, 15) is 13.5 Å². The van der Waals surface area contributed by atoms with E-state index < -0.39 is 15.7 Å². The molecule has 33 heavy (non-hydrogen) atoms. The molecule has 14 atom stereocenters. The van der Waals surface area contributed by atoms with Gasteiger partial charge >= 0.3 is 0 Å². The molecule has 176 valence electrons. The Morgan fingerprint density at radius 3 is 2.33 bits per heavy atom. The van der Waals surface area contributed by atoms with Gasteiger partial charge in [-0.05, 0) is 110 Å². The second-order valence-corrected chi connectivity index (χ2v) is 15.2. The number of aliphatic hydroxyl groups is 1. The molecule has 1 aromatic rings. The van der Waals surface area contributed by atoms with Crippen molar-refractivity contribution in [3.05, 3.63) is 29.8 Å². The summed E-state index contributed by atoms with van der Waals surface area (Å²) < 4.78 is 32.8. The molecule has 0 saturated heterocycles. The molecule has 9 fully saturated rings. The molecule has 0 unspecified atom stereocenters. The molecule has 0 heterocycles. The number of hydrogen-bond acceptors (Lipinski definition) is 4. The Morgan fingerprint density at radius 2 is 1.58 bits per heavy atom. The van der Waals surface area contributed by atoms with Crippen LogP contribution in [0.25, 0.3) is 0 Å². The van der Waals surface area contributed by atoms with Crippen LogP contribution in [0.4, 0.5) is 0 Å². The normalized spacial score (nSPS) is 61.7. The Bertz CT molecular complexity index is 1210. The fraction of sp³-hybridized carbons (Fsp3) is 0.786. The first-order valence-corrected chi connectivity index (χ1v) is 14.9. The minimum absolute atomic E-state index is 0.0272. The van der Waals surface area contributed by atoms with E-state index in [1.807, 2.05) is 19.1 Å². The van der Waals surface area contributed by atoms with E-state index in [-0.39, 0.29) is 22.3 Å². The molecule has 9 aliphatic rings. The maximum Gasteiger partial charge on any atom is 0.296 e. The first kappa shape index (κ1) is 19.3. The first-order chi connectivity index (χ1) is 15.8. The monoisotopic (exact) mass is 466 g/mol. The fourth-order valence-corrected chi connectivity index (χ4v) is 14.9. The van der Waals surface area contributed by atoms with E-state index in [4.69, 9.17) is 4.18 Å². The van der Waals surface area contributed by atoms with Crippen LogP contribution in [-0.2, 0) is 14.3 Å². The fourth-order valence-electron chi connectivity index (χ4n) is 14.0. The summed E-state index contributed by atoms with van der Waals surface area (Å²) in [6.45, 7) is 4.64. The van der Waals surface area contributed by atoms with Crippen molar-refractivity contribution in [2.75, 3.05) is 6.61 Å². The summed E-state index contributed by atoms with van der Waals surface area (Å²) in [6, 6.07) is 7.02. The van der Waals surface area contributed by atoms with Crippen LogP contribution < -0.4 is 0 Å². The number of hydrogen-bond donors (Lipinski definition) is 1. The molecule has 0 amide bonds. The van der Waals surface area contributed by atoms with Crippen molar-refractivity contribution in [1.82, 2.24) is 0 Å². The summed E-state index contributed by atoms with van der Waals surface area (Å²) in [7, 11) is -3.85. The van der Waals surface area contributed by atoms with Gasteiger partial charge in [-0.15, -0.1) is 0 Å². The molecule has 0 aliphatic heterocycles. The van der Waals surface area contributed by atoms with Crippen molar-refractivity contribution in [3.63, 3.8) is 0 Å². The molecule has 0 aromatic heterocycles. The molecule has 0 spiro atoms. The van der Waals surface area contributed by atoms with Crippen molar-refractivity contribution in [2.24, 2.45) is 75.9 Å². The van der Waals surface area contributed by atoms with Crippen LogP contribution in [0.3, 0.4) is 0 Å². The zero-order chi connectivity index (χ0) is 22.3. The third kappa shape index (κ3) is 1.58. The van der Waals surface area contributed by atoms with Crippen LogP contribution in [0.2, 0.25) is 0 Å². The lowest BCUT2D eigenvalue weighted by molar-refractivity contribution is -0.268. The molecule has 4 nitrogen and oxygen atoms in total. The molecule has 9 bridgehead atoms. The number of fused-ring (bicyclic) bond motifs is 1. The van der Waals surface area contributed by atoms with Gasteiger partial charge in [0.2, 0.25) is 0 Å². The molecule has 1 aromatic carbocycles. The molecule has 9 aliphatic carbocycles. The quantitative estimate of drug-likeness (QED) is 0.674. The minimum Gasteiger partial charge on any atom is -0.388 e. The van der Waals surface area contributed by atoms with Crippen LogP contribution in [0.5, 0.6) is 0 Å². The van der Waals surface area contributed by atoms with Gasteiger partial charge in [0.1, 0.15) is 0 Å². The van der Waals surface area contributed by atoms with Crippen molar-refractivity contribution in [2.45, 2.75) is 56.4 Å². The lowest BCUT2D eigenvalue weighted by Gasteiger charge is -2.64. The summed E-state index contributed by atoms with van der Waals surface area (Å²) in [5, 5.41) is 13.1. The highest BCUT2D eigenvalue weighted by molar-refractivity contribution is 7.86. The second-order valence-electron chi connectivity index (χ2n) is 13.6.